The lowest BCUT2D eigenvalue weighted by atomic mass is 10.3. The Morgan fingerprint density at radius 2 is 2.12 bits per heavy atom. The number of nitrogens with one attached hydrogen (secondary N) is 1. The SMILES string of the molecule is CCCCCOc1ncnc(NCC)c1Br. The molecular formula is C11H18BrN3O. The van der Waals surface area contributed by atoms with Gasteiger partial charge in [-0.25, -0.2) is 9.97 Å². The van der Waals surface area contributed by atoms with Crippen LogP contribution in [0.15, 0.2) is 10.8 Å². The van der Waals surface area contributed by atoms with Crippen molar-refractivity contribution >= 4 is 21.7 Å². The lowest BCUT2D eigenvalue weighted by Gasteiger charge is -2.09. The molecule has 0 aliphatic heterocycles. The molecule has 0 aliphatic rings. The summed E-state index contributed by atoms with van der Waals surface area (Å²) in [5.74, 6) is 1.39. The van der Waals surface area contributed by atoms with E-state index in [1.54, 1.807) is 0 Å². The molecule has 0 unspecified atom stereocenters. The van der Waals surface area contributed by atoms with Gasteiger partial charge in [0, 0.05) is 6.54 Å². The Morgan fingerprint density at radius 3 is 2.81 bits per heavy atom. The zero-order chi connectivity index (χ0) is 11.8. The lowest BCUT2D eigenvalue weighted by molar-refractivity contribution is 0.292. The maximum Gasteiger partial charge on any atom is 0.233 e. The molecule has 0 fully saturated rings. The van der Waals surface area contributed by atoms with E-state index >= 15 is 0 Å². The third kappa shape index (κ3) is 3.96. The predicted molar refractivity (Wildman–Crippen MR) is 68.9 cm³/mol. The molecule has 0 aliphatic carbocycles. The van der Waals surface area contributed by atoms with Crippen LogP contribution < -0.4 is 10.1 Å². The Labute approximate surface area is 105 Å². The van der Waals surface area contributed by atoms with E-state index in [4.69, 9.17) is 4.74 Å². The largest absolute Gasteiger partial charge is 0.477 e. The second-order valence-corrected chi connectivity index (χ2v) is 4.22. The summed E-state index contributed by atoms with van der Waals surface area (Å²) in [6, 6.07) is 0. The molecule has 0 saturated carbocycles. The van der Waals surface area contributed by atoms with Crippen molar-refractivity contribution in [1.82, 2.24) is 9.97 Å². The summed E-state index contributed by atoms with van der Waals surface area (Å²) >= 11 is 3.44. The molecule has 0 spiro atoms. The number of unbranched alkanes of at least 4 members (excludes halogenated alkanes) is 2. The smallest absolute Gasteiger partial charge is 0.233 e. The average Bonchev–Trinajstić information content (AvgIpc) is 2.29. The normalized spacial score (nSPS) is 10.2. The number of aromatic nitrogens is 2. The second-order valence-electron chi connectivity index (χ2n) is 3.43. The third-order valence-electron chi connectivity index (χ3n) is 2.09. The number of ether oxygens (including phenoxy) is 1. The van der Waals surface area contributed by atoms with Crippen molar-refractivity contribution < 1.29 is 4.74 Å². The predicted octanol–water partition coefficient (Wildman–Crippen LogP) is 3.24. The molecule has 1 aromatic rings. The Morgan fingerprint density at radius 1 is 1.31 bits per heavy atom. The lowest BCUT2D eigenvalue weighted by Crippen LogP contribution is -2.04. The van der Waals surface area contributed by atoms with Crippen LogP contribution in [0.4, 0.5) is 5.82 Å². The van der Waals surface area contributed by atoms with Gasteiger partial charge >= 0.3 is 0 Å². The summed E-state index contributed by atoms with van der Waals surface area (Å²) < 4.78 is 6.39. The van der Waals surface area contributed by atoms with E-state index in [9.17, 15) is 0 Å². The van der Waals surface area contributed by atoms with Gasteiger partial charge in [0.25, 0.3) is 0 Å². The van der Waals surface area contributed by atoms with Gasteiger partial charge in [-0.05, 0) is 29.3 Å². The van der Waals surface area contributed by atoms with E-state index in [1.165, 1.54) is 19.2 Å². The topological polar surface area (TPSA) is 47.0 Å². The summed E-state index contributed by atoms with van der Waals surface area (Å²) in [6.07, 6.45) is 4.95. The standard InChI is InChI=1S/C11H18BrN3O/c1-3-5-6-7-16-11-9(12)10(13-4-2)14-8-15-11/h8H,3-7H2,1-2H3,(H,13,14,15). The van der Waals surface area contributed by atoms with Crippen LogP contribution in [0.25, 0.3) is 0 Å². The first-order valence-electron chi connectivity index (χ1n) is 5.66. The second kappa shape index (κ2) is 7.44. The van der Waals surface area contributed by atoms with Gasteiger partial charge in [0.2, 0.25) is 5.88 Å². The first-order chi connectivity index (χ1) is 7.79. The minimum absolute atomic E-state index is 0.613. The van der Waals surface area contributed by atoms with E-state index in [2.05, 4.69) is 38.1 Å². The Hall–Kier alpha value is -0.840. The molecule has 0 amide bonds. The monoisotopic (exact) mass is 287 g/mol. The molecule has 0 saturated heterocycles. The molecule has 5 heteroatoms. The number of hydrogen-bond donors (Lipinski definition) is 1. The highest BCUT2D eigenvalue weighted by molar-refractivity contribution is 9.10. The molecule has 4 nitrogen and oxygen atoms in total. The van der Waals surface area contributed by atoms with Crippen LogP contribution in [0.2, 0.25) is 0 Å². The fourth-order valence-electron chi connectivity index (χ4n) is 1.27. The fraction of sp³-hybridized carbons (Fsp3) is 0.636. The molecule has 0 radical (unpaired) electrons. The Balaban J connectivity index is 2.55. The molecule has 16 heavy (non-hydrogen) atoms. The van der Waals surface area contributed by atoms with Crippen LogP contribution in [0.1, 0.15) is 33.1 Å². The van der Waals surface area contributed by atoms with E-state index in [1.807, 2.05) is 6.92 Å². The summed E-state index contributed by atoms with van der Waals surface area (Å²) in [6.45, 7) is 5.72. The minimum Gasteiger partial charge on any atom is -0.477 e. The number of nitrogens with zero attached hydrogens (tertiary/aromatic N) is 2. The van der Waals surface area contributed by atoms with Crippen molar-refractivity contribution in [3.8, 4) is 5.88 Å². The molecule has 0 atom stereocenters. The Bertz CT molecular complexity index is 320. The van der Waals surface area contributed by atoms with Crippen molar-refractivity contribution in [3.63, 3.8) is 0 Å². The van der Waals surface area contributed by atoms with Gasteiger partial charge in [-0.3, -0.25) is 0 Å². The van der Waals surface area contributed by atoms with Gasteiger partial charge in [0.15, 0.2) is 0 Å². The van der Waals surface area contributed by atoms with Gasteiger partial charge in [0.05, 0.1) is 6.61 Å². The van der Waals surface area contributed by atoms with E-state index in [0.717, 1.165) is 23.3 Å². The van der Waals surface area contributed by atoms with Gasteiger partial charge < -0.3 is 10.1 Å². The molecule has 90 valence electrons. The van der Waals surface area contributed by atoms with Gasteiger partial charge in [-0.2, -0.15) is 0 Å². The maximum absolute atomic E-state index is 5.59. The third-order valence-corrected chi connectivity index (χ3v) is 2.80. The number of anilines is 1. The molecular weight excluding hydrogens is 270 g/mol. The fourth-order valence-corrected chi connectivity index (χ4v) is 1.73. The molecule has 0 aromatic carbocycles. The highest BCUT2D eigenvalue weighted by atomic mass is 79.9. The van der Waals surface area contributed by atoms with Crippen molar-refractivity contribution in [2.75, 3.05) is 18.5 Å². The van der Waals surface area contributed by atoms with Gasteiger partial charge in [-0.1, -0.05) is 19.8 Å². The maximum atomic E-state index is 5.59. The number of hydrogen-bond acceptors (Lipinski definition) is 4. The van der Waals surface area contributed by atoms with E-state index in [0.29, 0.717) is 12.5 Å². The zero-order valence-corrected chi connectivity index (χ0v) is 11.4. The van der Waals surface area contributed by atoms with Gasteiger partial charge in [-0.15, -0.1) is 0 Å². The first-order valence-corrected chi connectivity index (χ1v) is 6.46. The average molecular weight is 288 g/mol. The quantitative estimate of drug-likeness (QED) is 0.782. The van der Waals surface area contributed by atoms with Gasteiger partial charge in [0.1, 0.15) is 16.6 Å². The van der Waals surface area contributed by atoms with Crippen molar-refractivity contribution in [2.24, 2.45) is 0 Å². The molecule has 1 heterocycles. The summed E-state index contributed by atoms with van der Waals surface area (Å²) in [5, 5.41) is 3.14. The molecule has 0 bridgehead atoms. The first kappa shape index (κ1) is 13.2. The van der Waals surface area contributed by atoms with Crippen LogP contribution >= 0.6 is 15.9 Å². The number of rotatable bonds is 7. The number of halogens is 1. The van der Waals surface area contributed by atoms with Crippen molar-refractivity contribution in [3.05, 3.63) is 10.8 Å². The highest BCUT2D eigenvalue weighted by Crippen LogP contribution is 2.28. The summed E-state index contributed by atoms with van der Waals surface area (Å²) in [7, 11) is 0. The highest BCUT2D eigenvalue weighted by Gasteiger charge is 2.08. The van der Waals surface area contributed by atoms with Crippen LogP contribution in [-0.2, 0) is 0 Å². The van der Waals surface area contributed by atoms with Crippen LogP contribution in [0, 0.1) is 0 Å². The molecule has 1 N–H and O–H groups in total. The molecule has 1 aromatic heterocycles. The zero-order valence-electron chi connectivity index (χ0n) is 9.79. The Kier molecular flexibility index (Phi) is 6.15. The van der Waals surface area contributed by atoms with Crippen LogP contribution in [0.5, 0.6) is 5.88 Å². The van der Waals surface area contributed by atoms with Crippen LogP contribution in [-0.4, -0.2) is 23.1 Å². The van der Waals surface area contributed by atoms with Crippen molar-refractivity contribution in [1.29, 1.82) is 0 Å². The van der Waals surface area contributed by atoms with Crippen molar-refractivity contribution in [2.45, 2.75) is 33.1 Å². The van der Waals surface area contributed by atoms with Crippen LogP contribution in [0.3, 0.4) is 0 Å². The summed E-state index contributed by atoms with van der Waals surface area (Å²) in [4.78, 5) is 8.22. The van der Waals surface area contributed by atoms with E-state index < -0.39 is 0 Å². The summed E-state index contributed by atoms with van der Waals surface area (Å²) in [5.41, 5.74) is 0. The van der Waals surface area contributed by atoms with E-state index in [-0.39, 0.29) is 0 Å². The minimum atomic E-state index is 0.613. The molecule has 1 rings (SSSR count).